The molecule has 5 heteroatoms. The zero-order chi connectivity index (χ0) is 20.3. The van der Waals surface area contributed by atoms with E-state index in [1.54, 1.807) is 11.1 Å². The van der Waals surface area contributed by atoms with Crippen LogP contribution in [0.2, 0.25) is 0 Å². The summed E-state index contributed by atoms with van der Waals surface area (Å²) < 4.78 is 1.87. The van der Waals surface area contributed by atoms with Gasteiger partial charge in [0, 0.05) is 33.4 Å². The molecule has 0 spiro atoms. The zero-order valence-electron chi connectivity index (χ0n) is 17.3. The number of amides is 1. The summed E-state index contributed by atoms with van der Waals surface area (Å²) in [4.78, 5) is 16.9. The summed E-state index contributed by atoms with van der Waals surface area (Å²) >= 11 is 0. The number of aromatic nitrogens is 2. The van der Waals surface area contributed by atoms with Crippen LogP contribution < -0.4 is 4.90 Å². The molecule has 0 saturated heterocycles. The van der Waals surface area contributed by atoms with E-state index in [1.807, 2.05) is 38.0 Å². The maximum absolute atomic E-state index is 13.1. The van der Waals surface area contributed by atoms with Crippen LogP contribution in [-0.2, 0) is 13.0 Å². The average molecular weight is 377 g/mol. The molecule has 0 aliphatic carbocycles. The predicted octanol–water partition coefficient (Wildman–Crippen LogP) is 4.08. The molecule has 0 bridgehead atoms. The van der Waals surface area contributed by atoms with E-state index >= 15 is 0 Å². The normalized spacial score (nSPS) is 10.8. The molecule has 0 saturated carbocycles. The molecule has 2 aromatic carbocycles. The van der Waals surface area contributed by atoms with Gasteiger partial charge in [-0.05, 0) is 43.2 Å². The third kappa shape index (κ3) is 4.09. The van der Waals surface area contributed by atoms with Crippen LogP contribution in [0.4, 0.5) is 5.69 Å². The quantitative estimate of drug-likeness (QED) is 0.651. The van der Waals surface area contributed by atoms with Gasteiger partial charge in [-0.1, -0.05) is 36.8 Å². The Morgan fingerprint density at radius 3 is 2.21 bits per heavy atom. The SMILES string of the molecule is CCc1c(C(=O)N(C)Cc2ccc(N(C)C)cc2)cnn1-c1ccc(C)cc1. The third-order valence-electron chi connectivity index (χ3n) is 4.93. The number of benzene rings is 2. The van der Waals surface area contributed by atoms with Crippen molar-refractivity contribution in [1.29, 1.82) is 0 Å². The second-order valence-corrected chi connectivity index (χ2v) is 7.33. The van der Waals surface area contributed by atoms with E-state index in [4.69, 9.17) is 0 Å². The summed E-state index contributed by atoms with van der Waals surface area (Å²) in [6.07, 6.45) is 2.42. The summed E-state index contributed by atoms with van der Waals surface area (Å²) in [7, 11) is 5.87. The number of carbonyl (C=O) groups excluding carboxylic acids is 1. The molecule has 1 amide bonds. The standard InChI is InChI=1S/C23H28N4O/c1-6-22-21(15-24-27(22)20-11-7-17(2)8-12-20)23(28)26(5)16-18-9-13-19(14-10-18)25(3)4/h7-15H,6,16H2,1-5H3. The highest BCUT2D eigenvalue weighted by Gasteiger charge is 2.20. The minimum absolute atomic E-state index is 0.00750. The fraction of sp³-hybridized carbons (Fsp3) is 0.304. The number of rotatable bonds is 6. The summed E-state index contributed by atoms with van der Waals surface area (Å²) in [6.45, 7) is 4.67. The Kier molecular flexibility index (Phi) is 5.83. The number of anilines is 1. The predicted molar refractivity (Wildman–Crippen MR) is 114 cm³/mol. The van der Waals surface area contributed by atoms with Crippen LogP contribution in [0, 0.1) is 6.92 Å². The Bertz CT molecular complexity index is 940. The molecule has 1 aromatic heterocycles. The lowest BCUT2D eigenvalue weighted by Crippen LogP contribution is -2.27. The zero-order valence-corrected chi connectivity index (χ0v) is 17.3. The van der Waals surface area contributed by atoms with Gasteiger partial charge in [0.1, 0.15) is 0 Å². The largest absolute Gasteiger partial charge is 0.378 e. The second kappa shape index (κ2) is 8.30. The minimum atomic E-state index is -0.00750. The Balaban J connectivity index is 1.80. The first-order chi connectivity index (χ1) is 13.4. The lowest BCUT2D eigenvalue weighted by Gasteiger charge is -2.19. The Hall–Kier alpha value is -3.08. The first kappa shape index (κ1) is 19.7. The van der Waals surface area contributed by atoms with Crippen molar-refractivity contribution in [2.75, 3.05) is 26.0 Å². The molecule has 0 unspecified atom stereocenters. The van der Waals surface area contributed by atoms with Crippen LogP contribution in [0.3, 0.4) is 0 Å². The molecule has 0 aliphatic heterocycles. The lowest BCUT2D eigenvalue weighted by atomic mass is 10.1. The van der Waals surface area contributed by atoms with E-state index in [0.29, 0.717) is 12.1 Å². The molecule has 1 heterocycles. The molecular weight excluding hydrogens is 348 g/mol. The highest BCUT2D eigenvalue weighted by atomic mass is 16.2. The van der Waals surface area contributed by atoms with E-state index in [2.05, 4.69) is 60.2 Å². The van der Waals surface area contributed by atoms with E-state index in [1.165, 1.54) is 5.56 Å². The van der Waals surface area contributed by atoms with Gasteiger partial charge in [0.15, 0.2) is 0 Å². The van der Waals surface area contributed by atoms with Gasteiger partial charge >= 0.3 is 0 Å². The molecule has 28 heavy (non-hydrogen) atoms. The molecule has 3 rings (SSSR count). The molecule has 0 radical (unpaired) electrons. The maximum atomic E-state index is 13.1. The summed E-state index contributed by atoms with van der Waals surface area (Å²) in [5.74, 6) is -0.00750. The van der Waals surface area contributed by atoms with Crippen LogP contribution >= 0.6 is 0 Å². The van der Waals surface area contributed by atoms with Crippen molar-refractivity contribution < 1.29 is 4.79 Å². The van der Waals surface area contributed by atoms with Gasteiger partial charge in [-0.2, -0.15) is 5.10 Å². The van der Waals surface area contributed by atoms with Gasteiger partial charge in [-0.3, -0.25) is 4.79 Å². The number of carbonyl (C=O) groups is 1. The molecule has 0 atom stereocenters. The minimum Gasteiger partial charge on any atom is -0.378 e. The van der Waals surface area contributed by atoms with Crippen LogP contribution in [0.25, 0.3) is 5.69 Å². The molecule has 0 fully saturated rings. The summed E-state index contributed by atoms with van der Waals surface area (Å²) in [5.41, 5.74) is 6.02. The molecule has 3 aromatic rings. The first-order valence-corrected chi connectivity index (χ1v) is 9.56. The number of hydrogen-bond acceptors (Lipinski definition) is 3. The van der Waals surface area contributed by atoms with Crippen molar-refractivity contribution in [2.45, 2.75) is 26.8 Å². The Morgan fingerprint density at radius 2 is 1.64 bits per heavy atom. The number of aryl methyl sites for hydroxylation is 1. The third-order valence-corrected chi connectivity index (χ3v) is 4.93. The highest BCUT2D eigenvalue weighted by molar-refractivity contribution is 5.95. The van der Waals surface area contributed by atoms with E-state index < -0.39 is 0 Å². The van der Waals surface area contributed by atoms with E-state index in [-0.39, 0.29) is 5.91 Å². The fourth-order valence-electron chi connectivity index (χ4n) is 3.25. The molecular formula is C23H28N4O. The van der Waals surface area contributed by atoms with Gasteiger partial charge in [-0.15, -0.1) is 0 Å². The van der Waals surface area contributed by atoms with Gasteiger partial charge < -0.3 is 9.80 Å². The van der Waals surface area contributed by atoms with Crippen LogP contribution in [0.5, 0.6) is 0 Å². The molecule has 0 N–H and O–H groups in total. The number of hydrogen-bond donors (Lipinski definition) is 0. The van der Waals surface area contributed by atoms with Gasteiger partial charge in [0.2, 0.25) is 0 Å². The number of nitrogens with zero attached hydrogens (tertiary/aromatic N) is 4. The monoisotopic (exact) mass is 376 g/mol. The molecule has 0 aliphatic rings. The summed E-state index contributed by atoms with van der Waals surface area (Å²) in [5, 5.41) is 4.49. The van der Waals surface area contributed by atoms with Crippen molar-refractivity contribution >= 4 is 11.6 Å². The van der Waals surface area contributed by atoms with Crippen LogP contribution in [0.1, 0.15) is 34.1 Å². The Labute approximate surface area is 167 Å². The van der Waals surface area contributed by atoms with Gasteiger partial charge in [-0.25, -0.2) is 4.68 Å². The average Bonchev–Trinajstić information content (AvgIpc) is 3.12. The smallest absolute Gasteiger partial charge is 0.257 e. The van der Waals surface area contributed by atoms with Crippen molar-refractivity contribution in [1.82, 2.24) is 14.7 Å². The van der Waals surface area contributed by atoms with Gasteiger partial charge in [0.25, 0.3) is 5.91 Å². The van der Waals surface area contributed by atoms with E-state index in [9.17, 15) is 4.79 Å². The maximum Gasteiger partial charge on any atom is 0.257 e. The van der Waals surface area contributed by atoms with Crippen molar-refractivity contribution in [3.05, 3.63) is 77.1 Å². The molecule has 5 nitrogen and oxygen atoms in total. The Morgan fingerprint density at radius 1 is 1.00 bits per heavy atom. The van der Waals surface area contributed by atoms with Crippen molar-refractivity contribution in [2.24, 2.45) is 0 Å². The lowest BCUT2D eigenvalue weighted by molar-refractivity contribution is 0.0784. The van der Waals surface area contributed by atoms with Gasteiger partial charge in [0.05, 0.1) is 23.1 Å². The first-order valence-electron chi connectivity index (χ1n) is 9.56. The van der Waals surface area contributed by atoms with Crippen LogP contribution in [-0.4, -0.2) is 41.7 Å². The topological polar surface area (TPSA) is 41.4 Å². The van der Waals surface area contributed by atoms with Crippen molar-refractivity contribution in [3.8, 4) is 5.69 Å². The summed E-state index contributed by atoms with van der Waals surface area (Å²) in [6, 6.07) is 16.5. The van der Waals surface area contributed by atoms with E-state index in [0.717, 1.165) is 29.1 Å². The fourth-order valence-corrected chi connectivity index (χ4v) is 3.25. The van der Waals surface area contributed by atoms with Crippen molar-refractivity contribution in [3.63, 3.8) is 0 Å². The molecule has 146 valence electrons. The second-order valence-electron chi connectivity index (χ2n) is 7.33. The van der Waals surface area contributed by atoms with Crippen LogP contribution in [0.15, 0.2) is 54.7 Å². The highest BCUT2D eigenvalue weighted by Crippen LogP contribution is 2.19.